The zero-order valence-corrected chi connectivity index (χ0v) is 7.20. The molecule has 1 heterocycles. The molecule has 0 spiro atoms. The molecule has 0 aliphatic carbocycles. The zero-order chi connectivity index (χ0) is 9.42. The Kier molecular flexibility index (Phi) is 1.84. The van der Waals surface area contributed by atoms with E-state index in [-0.39, 0.29) is 15.6 Å². The number of fused-ring (bicyclic) bond motifs is 1. The van der Waals surface area contributed by atoms with Crippen LogP contribution in [0.2, 0.25) is 0 Å². The molecule has 1 aromatic heterocycles. The Hall–Kier alpha value is -1.29. The third kappa shape index (κ3) is 1.14. The van der Waals surface area contributed by atoms with E-state index in [9.17, 15) is 13.6 Å². The summed E-state index contributed by atoms with van der Waals surface area (Å²) in [7, 11) is 0. The molecule has 1 aromatic carbocycles. The summed E-state index contributed by atoms with van der Waals surface area (Å²) >= 11 is 0.961. The molecule has 13 heavy (non-hydrogen) atoms. The van der Waals surface area contributed by atoms with E-state index in [1.54, 1.807) is 0 Å². The van der Waals surface area contributed by atoms with Crippen LogP contribution in [0.3, 0.4) is 0 Å². The number of halogens is 2. The summed E-state index contributed by atoms with van der Waals surface area (Å²) in [5, 5.41) is 1.28. The van der Waals surface area contributed by atoms with Crippen LogP contribution in [-0.4, -0.2) is 6.29 Å². The van der Waals surface area contributed by atoms with Gasteiger partial charge in [0.15, 0.2) is 6.29 Å². The van der Waals surface area contributed by atoms with Crippen molar-refractivity contribution >= 4 is 27.7 Å². The van der Waals surface area contributed by atoms with E-state index in [4.69, 9.17) is 0 Å². The van der Waals surface area contributed by atoms with Crippen molar-refractivity contribution in [1.29, 1.82) is 0 Å². The Bertz CT molecular complexity index is 476. The van der Waals surface area contributed by atoms with Gasteiger partial charge in [-0.15, -0.1) is 11.3 Å². The van der Waals surface area contributed by atoms with Crippen LogP contribution < -0.4 is 0 Å². The largest absolute Gasteiger partial charge is 0.298 e. The van der Waals surface area contributed by atoms with Gasteiger partial charge in [0.1, 0.15) is 11.6 Å². The predicted octanol–water partition coefficient (Wildman–Crippen LogP) is 2.99. The first-order valence-electron chi connectivity index (χ1n) is 3.54. The van der Waals surface area contributed by atoms with Crippen molar-refractivity contribution in [1.82, 2.24) is 0 Å². The molecule has 0 bridgehead atoms. The van der Waals surface area contributed by atoms with Crippen molar-refractivity contribution < 1.29 is 13.6 Å². The number of hydrogen-bond acceptors (Lipinski definition) is 2. The fraction of sp³-hybridized carbons (Fsp3) is 0. The molecule has 0 atom stereocenters. The summed E-state index contributed by atoms with van der Waals surface area (Å²) in [5.41, 5.74) is 0.190. The molecular formula is C9H4F2OS. The van der Waals surface area contributed by atoms with Crippen molar-refractivity contribution in [2.45, 2.75) is 0 Å². The Labute approximate surface area is 76.6 Å². The minimum absolute atomic E-state index is 0.0833. The second kappa shape index (κ2) is 2.88. The van der Waals surface area contributed by atoms with E-state index in [1.807, 2.05) is 0 Å². The van der Waals surface area contributed by atoms with Crippen molar-refractivity contribution in [2.75, 3.05) is 0 Å². The SMILES string of the molecule is O=Cc1ccc(F)c2scc(F)c12. The van der Waals surface area contributed by atoms with Crippen molar-refractivity contribution in [3.05, 3.63) is 34.7 Å². The Morgan fingerprint density at radius 1 is 1.23 bits per heavy atom. The van der Waals surface area contributed by atoms with Gasteiger partial charge in [0, 0.05) is 16.3 Å². The highest BCUT2D eigenvalue weighted by atomic mass is 32.1. The van der Waals surface area contributed by atoms with Gasteiger partial charge in [0.25, 0.3) is 0 Å². The number of benzene rings is 1. The quantitative estimate of drug-likeness (QED) is 0.644. The van der Waals surface area contributed by atoms with Gasteiger partial charge in [-0.3, -0.25) is 4.79 Å². The zero-order valence-electron chi connectivity index (χ0n) is 6.38. The highest BCUT2D eigenvalue weighted by Gasteiger charge is 2.11. The molecule has 0 fully saturated rings. The highest BCUT2D eigenvalue weighted by molar-refractivity contribution is 7.17. The number of hydrogen-bond donors (Lipinski definition) is 0. The number of aldehydes is 1. The monoisotopic (exact) mass is 198 g/mol. The van der Waals surface area contributed by atoms with E-state index >= 15 is 0 Å². The van der Waals surface area contributed by atoms with Gasteiger partial charge in [-0.25, -0.2) is 8.78 Å². The van der Waals surface area contributed by atoms with Crippen LogP contribution in [0.4, 0.5) is 8.78 Å². The third-order valence-corrected chi connectivity index (χ3v) is 2.75. The molecule has 0 saturated heterocycles. The Balaban J connectivity index is 2.96. The molecule has 0 radical (unpaired) electrons. The molecule has 0 aliphatic rings. The average Bonchev–Trinajstić information content (AvgIpc) is 2.51. The number of carbonyl (C=O) groups is 1. The second-order valence-corrected chi connectivity index (χ2v) is 3.42. The average molecular weight is 198 g/mol. The Morgan fingerprint density at radius 3 is 2.69 bits per heavy atom. The number of carbonyl (C=O) groups excluding carboxylic acids is 1. The fourth-order valence-electron chi connectivity index (χ4n) is 1.20. The summed E-state index contributed by atoms with van der Waals surface area (Å²) in [5.74, 6) is -1.03. The lowest BCUT2D eigenvalue weighted by Gasteiger charge is -1.95. The van der Waals surface area contributed by atoms with Crippen LogP contribution in [0.25, 0.3) is 10.1 Å². The van der Waals surface area contributed by atoms with Crippen molar-refractivity contribution in [3.8, 4) is 0 Å². The first kappa shape index (κ1) is 8.31. The molecule has 0 aliphatic heterocycles. The van der Waals surface area contributed by atoms with Gasteiger partial charge in [-0.1, -0.05) is 0 Å². The van der Waals surface area contributed by atoms with Gasteiger partial charge in [0.2, 0.25) is 0 Å². The lowest BCUT2D eigenvalue weighted by Crippen LogP contribution is -1.84. The van der Waals surface area contributed by atoms with Gasteiger partial charge in [-0.2, -0.15) is 0 Å². The number of rotatable bonds is 1. The molecule has 1 nitrogen and oxygen atoms in total. The van der Waals surface area contributed by atoms with Crippen LogP contribution in [0.5, 0.6) is 0 Å². The lowest BCUT2D eigenvalue weighted by atomic mass is 10.1. The highest BCUT2D eigenvalue weighted by Crippen LogP contribution is 2.29. The van der Waals surface area contributed by atoms with Gasteiger partial charge >= 0.3 is 0 Å². The van der Waals surface area contributed by atoms with Gasteiger partial charge < -0.3 is 0 Å². The topological polar surface area (TPSA) is 17.1 Å². The first-order chi connectivity index (χ1) is 6.24. The summed E-state index contributed by atoms with van der Waals surface area (Å²) in [4.78, 5) is 10.5. The summed E-state index contributed by atoms with van der Waals surface area (Å²) in [6.07, 6.45) is 0.525. The molecule has 2 aromatic rings. The molecule has 2 rings (SSSR count). The molecule has 0 amide bonds. The smallest absolute Gasteiger partial charge is 0.150 e. The van der Waals surface area contributed by atoms with Gasteiger partial charge in [0.05, 0.1) is 4.70 Å². The molecular weight excluding hydrogens is 194 g/mol. The minimum Gasteiger partial charge on any atom is -0.298 e. The standard InChI is InChI=1S/C9H4F2OS/c10-6-2-1-5(3-12)8-7(11)4-13-9(6)8/h1-4H. The van der Waals surface area contributed by atoms with E-state index in [1.165, 1.54) is 17.5 Å². The van der Waals surface area contributed by atoms with E-state index in [0.29, 0.717) is 6.29 Å². The van der Waals surface area contributed by atoms with Crippen LogP contribution >= 0.6 is 11.3 Å². The maximum atomic E-state index is 13.1. The lowest BCUT2D eigenvalue weighted by molar-refractivity contribution is 0.112. The van der Waals surface area contributed by atoms with Crippen LogP contribution in [0.1, 0.15) is 10.4 Å². The van der Waals surface area contributed by atoms with Crippen LogP contribution in [0, 0.1) is 11.6 Å². The summed E-state index contributed by atoms with van der Waals surface area (Å²) < 4.78 is 26.3. The van der Waals surface area contributed by atoms with Gasteiger partial charge in [-0.05, 0) is 12.1 Å². The first-order valence-corrected chi connectivity index (χ1v) is 4.42. The van der Waals surface area contributed by atoms with Crippen molar-refractivity contribution in [2.24, 2.45) is 0 Å². The second-order valence-electron chi connectivity index (χ2n) is 2.54. The minimum atomic E-state index is -0.540. The normalized spacial score (nSPS) is 10.6. The van der Waals surface area contributed by atoms with Crippen LogP contribution in [0.15, 0.2) is 17.5 Å². The third-order valence-electron chi connectivity index (χ3n) is 1.79. The molecule has 4 heteroatoms. The maximum absolute atomic E-state index is 13.1. The van der Waals surface area contributed by atoms with E-state index in [2.05, 4.69) is 0 Å². The molecule has 0 unspecified atom stereocenters. The molecule has 0 saturated carbocycles. The predicted molar refractivity (Wildman–Crippen MR) is 47.1 cm³/mol. The van der Waals surface area contributed by atoms with E-state index in [0.717, 1.165) is 11.3 Å². The summed E-state index contributed by atoms with van der Waals surface area (Å²) in [6, 6.07) is 2.45. The Morgan fingerprint density at radius 2 is 2.00 bits per heavy atom. The van der Waals surface area contributed by atoms with E-state index < -0.39 is 11.6 Å². The molecule has 66 valence electrons. The fourth-order valence-corrected chi connectivity index (χ4v) is 2.05. The van der Waals surface area contributed by atoms with Crippen molar-refractivity contribution in [3.63, 3.8) is 0 Å². The van der Waals surface area contributed by atoms with Crippen LogP contribution in [-0.2, 0) is 0 Å². The number of thiophene rings is 1. The summed E-state index contributed by atoms with van der Waals surface area (Å²) in [6.45, 7) is 0. The maximum Gasteiger partial charge on any atom is 0.150 e. The molecule has 0 N–H and O–H groups in total.